The number of aromatic nitrogens is 1. The summed E-state index contributed by atoms with van der Waals surface area (Å²) in [6.07, 6.45) is 1.96. The summed E-state index contributed by atoms with van der Waals surface area (Å²) in [6.45, 7) is 2.14. The van der Waals surface area contributed by atoms with Crippen LogP contribution in [0.25, 0.3) is 9.88 Å². The van der Waals surface area contributed by atoms with Gasteiger partial charge in [-0.05, 0) is 25.4 Å². The molecule has 0 aliphatic carbocycles. The second kappa shape index (κ2) is 4.21. The predicted molar refractivity (Wildman–Crippen MR) is 62.9 cm³/mol. The Bertz CT molecular complexity index is 392. The summed E-state index contributed by atoms with van der Waals surface area (Å²) in [4.78, 5) is 6.96. The first-order chi connectivity index (χ1) is 6.81. The standard InChI is InChI=1S/C10H12N2S2/c1-7(11-2)9-6-12-10(14-9)8-4-3-5-13-8/h3-7,11H,1-2H3. The van der Waals surface area contributed by atoms with E-state index < -0.39 is 0 Å². The van der Waals surface area contributed by atoms with Crippen molar-refractivity contribution in [2.45, 2.75) is 13.0 Å². The van der Waals surface area contributed by atoms with Crippen LogP contribution in [0.1, 0.15) is 17.8 Å². The second-order valence-electron chi connectivity index (χ2n) is 3.06. The highest BCUT2D eigenvalue weighted by atomic mass is 32.1. The number of nitrogens with one attached hydrogen (secondary N) is 1. The average molecular weight is 224 g/mol. The molecule has 2 aromatic rings. The first kappa shape index (κ1) is 9.83. The SMILES string of the molecule is CNC(C)c1cnc(-c2cccs2)s1. The molecule has 2 rings (SSSR count). The van der Waals surface area contributed by atoms with Crippen LogP contribution in [0.2, 0.25) is 0 Å². The Morgan fingerprint density at radius 1 is 1.50 bits per heavy atom. The lowest BCUT2D eigenvalue weighted by Crippen LogP contribution is -2.10. The van der Waals surface area contributed by atoms with Gasteiger partial charge < -0.3 is 5.32 Å². The lowest BCUT2D eigenvalue weighted by Gasteiger charge is -2.04. The minimum atomic E-state index is 0.390. The van der Waals surface area contributed by atoms with Crippen LogP contribution in [-0.2, 0) is 0 Å². The summed E-state index contributed by atoms with van der Waals surface area (Å²) >= 11 is 3.50. The molecule has 0 radical (unpaired) electrons. The van der Waals surface area contributed by atoms with Gasteiger partial charge in [0.2, 0.25) is 0 Å². The molecule has 1 atom stereocenters. The van der Waals surface area contributed by atoms with Crippen molar-refractivity contribution in [2.24, 2.45) is 0 Å². The lowest BCUT2D eigenvalue weighted by atomic mass is 10.3. The third-order valence-electron chi connectivity index (χ3n) is 2.12. The average Bonchev–Trinajstić information content (AvgIpc) is 2.86. The summed E-state index contributed by atoms with van der Waals surface area (Å²) in [5, 5.41) is 6.42. The van der Waals surface area contributed by atoms with E-state index in [-0.39, 0.29) is 0 Å². The van der Waals surface area contributed by atoms with E-state index in [0.29, 0.717) is 6.04 Å². The Labute approximate surface area is 91.6 Å². The number of hydrogen-bond donors (Lipinski definition) is 1. The Morgan fingerprint density at radius 3 is 3.00 bits per heavy atom. The molecule has 0 aliphatic heterocycles. The van der Waals surface area contributed by atoms with Gasteiger partial charge in [-0.25, -0.2) is 4.98 Å². The molecular weight excluding hydrogens is 212 g/mol. The smallest absolute Gasteiger partial charge is 0.133 e. The van der Waals surface area contributed by atoms with Gasteiger partial charge in [0.1, 0.15) is 5.01 Å². The Hall–Kier alpha value is -0.710. The van der Waals surface area contributed by atoms with Gasteiger partial charge in [-0.3, -0.25) is 0 Å². The molecule has 74 valence electrons. The van der Waals surface area contributed by atoms with E-state index in [1.807, 2.05) is 13.2 Å². The largest absolute Gasteiger partial charge is 0.312 e. The molecule has 0 bridgehead atoms. The van der Waals surface area contributed by atoms with Crippen molar-refractivity contribution in [2.75, 3.05) is 7.05 Å². The van der Waals surface area contributed by atoms with Gasteiger partial charge in [0.15, 0.2) is 0 Å². The predicted octanol–water partition coefficient (Wildman–Crippen LogP) is 3.15. The maximum absolute atomic E-state index is 4.42. The molecule has 0 amide bonds. The molecule has 14 heavy (non-hydrogen) atoms. The van der Waals surface area contributed by atoms with E-state index in [1.54, 1.807) is 22.7 Å². The molecule has 0 aromatic carbocycles. The van der Waals surface area contributed by atoms with Crippen LogP contribution in [0.3, 0.4) is 0 Å². The van der Waals surface area contributed by atoms with Gasteiger partial charge in [0, 0.05) is 17.1 Å². The van der Waals surface area contributed by atoms with Crippen LogP contribution < -0.4 is 5.32 Å². The fourth-order valence-corrected chi connectivity index (χ4v) is 2.92. The van der Waals surface area contributed by atoms with Gasteiger partial charge in [-0.2, -0.15) is 0 Å². The Balaban J connectivity index is 2.26. The fraction of sp³-hybridized carbons (Fsp3) is 0.300. The summed E-state index contributed by atoms with van der Waals surface area (Å²) < 4.78 is 0. The summed E-state index contributed by atoms with van der Waals surface area (Å²) in [5.41, 5.74) is 0. The Morgan fingerprint density at radius 2 is 2.36 bits per heavy atom. The first-order valence-corrected chi connectivity index (χ1v) is 6.17. The molecular formula is C10H12N2S2. The summed E-state index contributed by atoms with van der Waals surface area (Å²) in [7, 11) is 1.97. The van der Waals surface area contributed by atoms with Crippen LogP contribution in [0.15, 0.2) is 23.7 Å². The minimum absolute atomic E-state index is 0.390. The molecule has 0 aliphatic rings. The zero-order valence-corrected chi connectivity index (χ0v) is 9.78. The number of nitrogens with zero attached hydrogens (tertiary/aromatic N) is 1. The van der Waals surface area contributed by atoms with E-state index >= 15 is 0 Å². The molecule has 2 heterocycles. The van der Waals surface area contributed by atoms with Crippen LogP contribution in [-0.4, -0.2) is 12.0 Å². The van der Waals surface area contributed by atoms with Crippen molar-refractivity contribution in [1.29, 1.82) is 0 Å². The molecule has 1 unspecified atom stereocenters. The van der Waals surface area contributed by atoms with Crippen molar-refractivity contribution in [1.82, 2.24) is 10.3 Å². The highest BCUT2D eigenvalue weighted by Crippen LogP contribution is 2.31. The third kappa shape index (κ3) is 1.87. The lowest BCUT2D eigenvalue weighted by molar-refractivity contribution is 0.662. The number of rotatable bonds is 3. The molecule has 4 heteroatoms. The maximum atomic E-state index is 4.42. The quantitative estimate of drug-likeness (QED) is 0.866. The van der Waals surface area contributed by atoms with E-state index in [2.05, 4.69) is 34.7 Å². The highest BCUT2D eigenvalue weighted by Gasteiger charge is 2.09. The van der Waals surface area contributed by atoms with Crippen molar-refractivity contribution in [3.8, 4) is 9.88 Å². The van der Waals surface area contributed by atoms with Crippen molar-refractivity contribution >= 4 is 22.7 Å². The zero-order chi connectivity index (χ0) is 9.97. The topological polar surface area (TPSA) is 24.9 Å². The highest BCUT2D eigenvalue weighted by molar-refractivity contribution is 7.21. The molecule has 1 N–H and O–H groups in total. The summed E-state index contributed by atoms with van der Waals surface area (Å²) in [5.74, 6) is 0. The van der Waals surface area contributed by atoms with Crippen LogP contribution in [0.5, 0.6) is 0 Å². The molecule has 0 spiro atoms. The van der Waals surface area contributed by atoms with Gasteiger partial charge >= 0.3 is 0 Å². The van der Waals surface area contributed by atoms with Crippen molar-refractivity contribution < 1.29 is 0 Å². The molecule has 2 nitrogen and oxygen atoms in total. The van der Waals surface area contributed by atoms with E-state index in [0.717, 1.165) is 5.01 Å². The van der Waals surface area contributed by atoms with Crippen molar-refractivity contribution in [3.63, 3.8) is 0 Å². The fourth-order valence-electron chi connectivity index (χ4n) is 1.14. The van der Waals surface area contributed by atoms with Crippen LogP contribution in [0.4, 0.5) is 0 Å². The van der Waals surface area contributed by atoms with Gasteiger partial charge in [-0.15, -0.1) is 22.7 Å². The normalized spacial score (nSPS) is 13.0. The zero-order valence-electron chi connectivity index (χ0n) is 8.15. The van der Waals surface area contributed by atoms with E-state index in [9.17, 15) is 0 Å². The molecule has 0 saturated carbocycles. The first-order valence-electron chi connectivity index (χ1n) is 4.48. The van der Waals surface area contributed by atoms with Crippen LogP contribution >= 0.6 is 22.7 Å². The minimum Gasteiger partial charge on any atom is -0.312 e. The van der Waals surface area contributed by atoms with Gasteiger partial charge in [-0.1, -0.05) is 6.07 Å². The van der Waals surface area contributed by atoms with E-state index in [1.165, 1.54) is 9.75 Å². The third-order valence-corrected chi connectivity index (χ3v) is 4.33. The van der Waals surface area contributed by atoms with Gasteiger partial charge in [0.25, 0.3) is 0 Å². The van der Waals surface area contributed by atoms with Gasteiger partial charge in [0.05, 0.1) is 4.88 Å². The van der Waals surface area contributed by atoms with E-state index in [4.69, 9.17) is 0 Å². The molecule has 0 fully saturated rings. The number of hydrogen-bond acceptors (Lipinski definition) is 4. The monoisotopic (exact) mass is 224 g/mol. The maximum Gasteiger partial charge on any atom is 0.133 e. The second-order valence-corrected chi connectivity index (χ2v) is 5.07. The summed E-state index contributed by atoms with van der Waals surface area (Å²) in [6, 6.07) is 4.56. The number of thiazole rings is 1. The molecule has 2 aromatic heterocycles. The molecule has 0 saturated heterocycles. The Kier molecular flexibility index (Phi) is 2.96. The number of thiophene rings is 1. The van der Waals surface area contributed by atoms with Crippen molar-refractivity contribution in [3.05, 3.63) is 28.6 Å². The van der Waals surface area contributed by atoms with Crippen LogP contribution in [0, 0.1) is 0 Å².